The Hall–Kier alpha value is -0.0800. The third-order valence-corrected chi connectivity index (χ3v) is 3.56. The average Bonchev–Trinajstić information content (AvgIpc) is 2.10. The highest BCUT2D eigenvalue weighted by Gasteiger charge is 2.06. The second-order valence-corrected chi connectivity index (χ2v) is 4.35. The monoisotopic (exact) mass is 338 g/mol. The molecule has 0 fully saturated rings. The minimum absolute atomic E-state index is 0. The van der Waals surface area contributed by atoms with Crippen LogP contribution in [-0.2, 0) is 0 Å². The van der Waals surface area contributed by atoms with Gasteiger partial charge in [0.15, 0.2) is 0 Å². The molecule has 0 saturated heterocycles. The van der Waals surface area contributed by atoms with Crippen molar-refractivity contribution in [3.8, 4) is 6.07 Å². The summed E-state index contributed by atoms with van der Waals surface area (Å²) in [6.45, 7) is 0. The molecule has 0 aromatic heterocycles. The Morgan fingerprint density at radius 2 is 2.00 bits per heavy atom. The molecular formula is C9H9Br2ClN2. The average molecular weight is 340 g/mol. The van der Waals surface area contributed by atoms with Gasteiger partial charge in [-0.05, 0) is 49.6 Å². The highest BCUT2D eigenvalue weighted by Crippen LogP contribution is 2.26. The zero-order valence-corrected chi connectivity index (χ0v) is 11.2. The van der Waals surface area contributed by atoms with E-state index in [2.05, 4.69) is 31.9 Å². The van der Waals surface area contributed by atoms with Crippen LogP contribution in [0, 0.1) is 11.3 Å². The zero-order valence-electron chi connectivity index (χ0n) is 7.21. The Balaban J connectivity index is 0.00000169. The summed E-state index contributed by atoms with van der Waals surface area (Å²) in [5, 5.41) is 8.47. The summed E-state index contributed by atoms with van der Waals surface area (Å²) in [5.41, 5.74) is 6.73. The Bertz CT molecular complexity index is 349. The molecule has 0 spiro atoms. The SMILES string of the molecule is Cl.N#CC[C@H](N)c1ccc(Br)c(Br)c1. The van der Waals surface area contributed by atoms with E-state index in [9.17, 15) is 0 Å². The van der Waals surface area contributed by atoms with Gasteiger partial charge in [0.1, 0.15) is 0 Å². The second-order valence-electron chi connectivity index (χ2n) is 2.64. The molecule has 0 amide bonds. The van der Waals surface area contributed by atoms with Gasteiger partial charge in [-0.3, -0.25) is 0 Å². The molecular weight excluding hydrogens is 331 g/mol. The Morgan fingerprint density at radius 1 is 1.36 bits per heavy atom. The topological polar surface area (TPSA) is 49.8 Å². The molecule has 0 radical (unpaired) electrons. The molecule has 14 heavy (non-hydrogen) atoms. The van der Waals surface area contributed by atoms with Gasteiger partial charge in [-0.1, -0.05) is 6.07 Å². The first-order chi connectivity index (χ1) is 6.15. The first-order valence-electron chi connectivity index (χ1n) is 3.72. The largest absolute Gasteiger partial charge is 0.323 e. The van der Waals surface area contributed by atoms with Gasteiger partial charge in [0, 0.05) is 15.0 Å². The molecule has 0 saturated carbocycles. The molecule has 0 unspecified atom stereocenters. The van der Waals surface area contributed by atoms with Crippen molar-refractivity contribution < 1.29 is 0 Å². The number of nitrogens with two attached hydrogens (primary N) is 1. The van der Waals surface area contributed by atoms with Crippen LogP contribution in [0.1, 0.15) is 18.0 Å². The van der Waals surface area contributed by atoms with Crippen molar-refractivity contribution in [3.05, 3.63) is 32.7 Å². The van der Waals surface area contributed by atoms with Crippen LogP contribution in [0.3, 0.4) is 0 Å². The normalized spacial score (nSPS) is 11.3. The maximum Gasteiger partial charge on any atom is 0.0641 e. The molecule has 5 heteroatoms. The summed E-state index contributed by atoms with van der Waals surface area (Å²) < 4.78 is 1.94. The molecule has 0 heterocycles. The van der Waals surface area contributed by atoms with Crippen LogP contribution in [0.25, 0.3) is 0 Å². The van der Waals surface area contributed by atoms with Gasteiger partial charge >= 0.3 is 0 Å². The van der Waals surface area contributed by atoms with E-state index in [1.807, 2.05) is 24.3 Å². The number of nitriles is 1. The summed E-state index contributed by atoms with van der Waals surface area (Å²) >= 11 is 6.74. The molecule has 1 aromatic rings. The third-order valence-electron chi connectivity index (χ3n) is 1.68. The molecule has 0 aliphatic heterocycles. The number of hydrogen-bond acceptors (Lipinski definition) is 2. The van der Waals surface area contributed by atoms with Crippen LogP contribution in [0.15, 0.2) is 27.1 Å². The van der Waals surface area contributed by atoms with E-state index in [0.29, 0.717) is 6.42 Å². The van der Waals surface area contributed by atoms with E-state index < -0.39 is 0 Å². The van der Waals surface area contributed by atoms with Crippen molar-refractivity contribution in [1.82, 2.24) is 0 Å². The van der Waals surface area contributed by atoms with Gasteiger partial charge in [-0.2, -0.15) is 5.26 Å². The standard InChI is InChI=1S/C9H8Br2N2.ClH/c10-7-2-1-6(5-8(7)11)9(13)3-4-12;/h1-2,5,9H,3,13H2;1H/t9-;/m0./s1. The van der Waals surface area contributed by atoms with Gasteiger partial charge in [-0.25, -0.2) is 0 Å². The molecule has 1 atom stereocenters. The fourth-order valence-electron chi connectivity index (χ4n) is 0.959. The van der Waals surface area contributed by atoms with Crippen LogP contribution < -0.4 is 5.73 Å². The van der Waals surface area contributed by atoms with Gasteiger partial charge in [0.25, 0.3) is 0 Å². The highest BCUT2D eigenvalue weighted by atomic mass is 79.9. The molecule has 1 rings (SSSR count). The molecule has 0 aliphatic rings. The molecule has 1 aromatic carbocycles. The van der Waals surface area contributed by atoms with Crippen LogP contribution in [-0.4, -0.2) is 0 Å². The predicted octanol–water partition coefficient (Wildman–Crippen LogP) is 3.55. The van der Waals surface area contributed by atoms with E-state index in [-0.39, 0.29) is 18.4 Å². The fourth-order valence-corrected chi connectivity index (χ4v) is 1.60. The van der Waals surface area contributed by atoms with E-state index in [1.54, 1.807) is 0 Å². The molecule has 0 aliphatic carbocycles. The first kappa shape index (κ1) is 13.9. The smallest absolute Gasteiger partial charge is 0.0641 e. The lowest BCUT2D eigenvalue weighted by molar-refractivity contribution is 0.748. The van der Waals surface area contributed by atoms with E-state index in [0.717, 1.165) is 14.5 Å². The van der Waals surface area contributed by atoms with Gasteiger partial charge in [0.05, 0.1) is 12.5 Å². The molecule has 2 nitrogen and oxygen atoms in total. The maximum atomic E-state index is 8.47. The Morgan fingerprint density at radius 3 is 2.50 bits per heavy atom. The lowest BCUT2D eigenvalue weighted by Gasteiger charge is -2.08. The van der Waals surface area contributed by atoms with Crippen LogP contribution in [0.5, 0.6) is 0 Å². The molecule has 2 N–H and O–H groups in total. The summed E-state index contributed by atoms with van der Waals surface area (Å²) in [6.07, 6.45) is 0.341. The van der Waals surface area contributed by atoms with E-state index in [4.69, 9.17) is 11.0 Å². The van der Waals surface area contributed by atoms with Crippen LogP contribution in [0.4, 0.5) is 0 Å². The lowest BCUT2D eigenvalue weighted by Crippen LogP contribution is -2.08. The van der Waals surface area contributed by atoms with Crippen molar-refractivity contribution in [2.45, 2.75) is 12.5 Å². The predicted molar refractivity (Wildman–Crippen MR) is 66.2 cm³/mol. The summed E-state index contributed by atoms with van der Waals surface area (Å²) in [7, 11) is 0. The number of nitrogens with zero attached hydrogens (tertiary/aromatic N) is 1. The number of halogens is 3. The zero-order chi connectivity index (χ0) is 9.84. The van der Waals surface area contributed by atoms with Crippen molar-refractivity contribution >= 4 is 44.3 Å². The van der Waals surface area contributed by atoms with Crippen molar-refractivity contribution in [3.63, 3.8) is 0 Å². The summed E-state index contributed by atoms with van der Waals surface area (Å²) in [4.78, 5) is 0. The lowest BCUT2D eigenvalue weighted by atomic mass is 10.1. The van der Waals surface area contributed by atoms with Gasteiger partial charge in [0.2, 0.25) is 0 Å². The van der Waals surface area contributed by atoms with Gasteiger partial charge in [-0.15, -0.1) is 12.4 Å². The molecule has 76 valence electrons. The Labute approximate surface area is 106 Å². The van der Waals surface area contributed by atoms with Crippen molar-refractivity contribution in [2.24, 2.45) is 5.73 Å². The number of hydrogen-bond donors (Lipinski definition) is 1. The van der Waals surface area contributed by atoms with Crippen molar-refractivity contribution in [2.75, 3.05) is 0 Å². The van der Waals surface area contributed by atoms with E-state index in [1.165, 1.54) is 0 Å². The number of rotatable bonds is 2. The minimum atomic E-state index is -0.200. The molecule has 0 bridgehead atoms. The minimum Gasteiger partial charge on any atom is -0.323 e. The summed E-state index contributed by atoms with van der Waals surface area (Å²) in [6, 6.07) is 7.60. The maximum absolute atomic E-state index is 8.47. The van der Waals surface area contributed by atoms with E-state index >= 15 is 0 Å². The fraction of sp³-hybridized carbons (Fsp3) is 0.222. The second kappa shape index (κ2) is 6.41. The van der Waals surface area contributed by atoms with Crippen LogP contribution in [0.2, 0.25) is 0 Å². The summed E-state index contributed by atoms with van der Waals surface area (Å²) in [5.74, 6) is 0. The Kier molecular flexibility index (Phi) is 6.38. The quantitative estimate of drug-likeness (QED) is 0.895. The van der Waals surface area contributed by atoms with Crippen LogP contribution >= 0.6 is 44.3 Å². The van der Waals surface area contributed by atoms with Gasteiger partial charge < -0.3 is 5.73 Å². The number of benzene rings is 1. The highest BCUT2D eigenvalue weighted by molar-refractivity contribution is 9.13. The first-order valence-corrected chi connectivity index (χ1v) is 5.31. The van der Waals surface area contributed by atoms with Crippen molar-refractivity contribution in [1.29, 1.82) is 5.26 Å². The third kappa shape index (κ3) is 3.58.